The largest absolute Gasteiger partial charge is 0.341 e. The molecule has 1 fully saturated rings. The first-order valence-electron chi connectivity index (χ1n) is 8.11. The number of aromatic amines is 1. The summed E-state index contributed by atoms with van der Waals surface area (Å²) in [6.45, 7) is 8.04. The predicted molar refractivity (Wildman–Crippen MR) is 90.9 cm³/mol. The zero-order chi connectivity index (χ0) is 16.2. The van der Waals surface area contributed by atoms with Gasteiger partial charge in [-0.15, -0.1) is 0 Å². The zero-order valence-corrected chi connectivity index (χ0v) is 13.6. The number of likely N-dealkylation sites (N-methyl/N-ethyl adjacent to an activating group) is 1. The van der Waals surface area contributed by atoms with Crippen molar-refractivity contribution in [1.29, 1.82) is 0 Å². The first-order valence-corrected chi connectivity index (χ1v) is 8.11. The van der Waals surface area contributed by atoms with Gasteiger partial charge in [-0.05, 0) is 31.3 Å². The van der Waals surface area contributed by atoms with E-state index in [1.54, 1.807) is 6.20 Å². The molecular formula is C17H23N5O. The van der Waals surface area contributed by atoms with Crippen LogP contribution in [0.1, 0.15) is 24.2 Å². The fraction of sp³-hybridized carbons (Fsp3) is 0.412. The number of anilines is 2. The summed E-state index contributed by atoms with van der Waals surface area (Å²) in [5, 5.41) is 9.95. The number of amides is 1. The SMILES string of the molecule is CCN(CC)C1CN(C(=O)c2cccc(Nc3ccn[nH]3)c2)C1. The van der Waals surface area contributed by atoms with Crippen molar-refractivity contribution in [1.82, 2.24) is 20.0 Å². The summed E-state index contributed by atoms with van der Waals surface area (Å²) in [6, 6.07) is 9.93. The van der Waals surface area contributed by atoms with Gasteiger partial charge in [-0.1, -0.05) is 19.9 Å². The van der Waals surface area contributed by atoms with Crippen LogP contribution in [-0.4, -0.2) is 58.1 Å². The Balaban J connectivity index is 1.62. The number of aromatic nitrogens is 2. The van der Waals surface area contributed by atoms with E-state index < -0.39 is 0 Å². The molecule has 6 nitrogen and oxygen atoms in total. The third-order valence-corrected chi connectivity index (χ3v) is 4.37. The van der Waals surface area contributed by atoms with Crippen molar-refractivity contribution in [3.63, 3.8) is 0 Å². The summed E-state index contributed by atoms with van der Waals surface area (Å²) in [5.41, 5.74) is 1.59. The van der Waals surface area contributed by atoms with Crippen LogP contribution in [0.15, 0.2) is 36.5 Å². The Labute approximate surface area is 136 Å². The van der Waals surface area contributed by atoms with E-state index in [9.17, 15) is 4.79 Å². The minimum absolute atomic E-state index is 0.0988. The van der Waals surface area contributed by atoms with Gasteiger partial charge in [0.1, 0.15) is 5.82 Å². The molecular weight excluding hydrogens is 290 g/mol. The van der Waals surface area contributed by atoms with Crippen LogP contribution in [0.4, 0.5) is 11.5 Å². The van der Waals surface area contributed by atoms with Gasteiger partial charge in [-0.3, -0.25) is 14.8 Å². The fourth-order valence-electron chi connectivity index (χ4n) is 2.99. The molecule has 1 aliphatic heterocycles. The number of carbonyl (C=O) groups excluding carboxylic acids is 1. The summed E-state index contributed by atoms with van der Waals surface area (Å²) >= 11 is 0. The second kappa shape index (κ2) is 6.83. The minimum Gasteiger partial charge on any atom is -0.341 e. The van der Waals surface area contributed by atoms with Crippen LogP contribution < -0.4 is 5.32 Å². The van der Waals surface area contributed by atoms with E-state index >= 15 is 0 Å². The number of benzene rings is 1. The van der Waals surface area contributed by atoms with E-state index in [0.29, 0.717) is 11.6 Å². The average Bonchev–Trinajstić information content (AvgIpc) is 3.03. The Morgan fingerprint density at radius 2 is 2.13 bits per heavy atom. The van der Waals surface area contributed by atoms with Crippen molar-refractivity contribution >= 4 is 17.4 Å². The van der Waals surface area contributed by atoms with Gasteiger partial charge in [0, 0.05) is 36.4 Å². The molecule has 1 aliphatic rings. The van der Waals surface area contributed by atoms with Crippen molar-refractivity contribution in [2.24, 2.45) is 0 Å². The molecule has 3 rings (SSSR count). The molecule has 0 unspecified atom stereocenters. The summed E-state index contributed by atoms with van der Waals surface area (Å²) in [4.78, 5) is 16.9. The van der Waals surface area contributed by atoms with Crippen LogP contribution in [0.25, 0.3) is 0 Å². The maximum Gasteiger partial charge on any atom is 0.254 e. The van der Waals surface area contributed by atoms with Crippen LogP contribution in [0.5, 0.6) is 0 Å². The molecule has 0 saturated carbocycles. The van der Waals surface area contributed by atoms with Gasteiger partial charge in [-0.2, -0.15) is 5.10 Å². The third-order valence-electron chi connectivity index (χ3n) is 4.37. The smallest absolute Gasteiger partial charge is 0.254 e. The lowest BCUT2D eigenvalue weighted by molar-refractivity contribution is 0.0295. The molecule has 2 aromatic rings. The Morgan fingerprint density at radius 3 is 2.78 bits per heavy atom. The summed E-state index contributed by atoms with van der Waals surface area (Å²) in [7, 11) is 0. The highest BCUT2D eigenvalue weighted by Gasteiger charge is 2.33. The summed E-state index contributed by atoms with van der Waals surface area (Å²) in [6.07, 6.45) is 1.69. The quantitative estimate of drug-likeness (QED) is 0.859. The first kappa shape index (κ1) is 15.6. The normalized spacial score (nSPS) is 14.8. The van der Waals surface area contributed by atoms with Crippen LogP contribution >= 0.6 is 0 Å². The highest BCUT2D eigenvalue weighted by molar-refractivity contribution is 5.95. The molecule has 1 aromatic heterocycles. The Morgan fingerprint density at radius 1 is 1.35 bits per heavy atom. The number of nitrogens with zero attached hydrogens (tertiary/aromatic N) is 3. The number of nitrogens with one attached hydrogen (secondary N) is 2. The molecule has 6 heteroatoms. The molecule has 0 atom stereocenters. The average molecular weight is 313 g/mol. The van der Waals surface area contributed by atoms with E-state index in [2.05, 4.69) is 34.3 Å². The number of carbonyl (C=O) groups is 1. The highest BCUT2D eigenvalue weighted by atomic mass is 16.2. The maximum absolute atomic E-state index is 12.6. The lowest BCUT2D eigenvalue weighted by Crippen LogP contribution is -2.60. The molecule has 0 aliphatic carbocycles. The topological polar surface area (TPSA) is 64.3 Å². The summed E-state index contributed by atoms with van der Waals surface area (Å²) < 4.78 is 0. The number of hydrogen-bond donors (Lipinski definition) is 2. The van der Waals surface area contributed by atoms with Gasteiger partial charge in [0.25, 0.3) is 5.91 Å². The minimum atomic E-state index is 0.0988. The van der Waals surface area contributed by atoms with Gasteiger partial charge in [0.05, 0.1) is 6.20 Å². The second-order valence-corrected chi connectivity index (χ2v) is 5.76. The van der Waals surface area contributed by atoms with Crippen molar-refractivity contribution in [3.8, 4) is 0 Å². The molecule has 0 bridgehead atoms. The predicted octanol–water partition coefficient (Wildman–Crippen LogP) is 2.32. The second-order valence-electron chi connectivity index (χ2n) is 5.76. The fourth-order valence-corrected chi connectivity index (χ4v) is 2.99. The zero-order valence-electron chi connectivity index (χ0n) is 13.6. The molecule has 23 heavy (non-hydrogen) atoms. The van der Waals surface area contributed by atoms with Crippen LogP contribution in [0.2, 0.25) is 0 Å². The van der Waals surface area contributed by atoms with Crippen molar-refractivity contribution in [2.45, 2.75) is 19.9 Å². The van der Waals surface area contributed by atoms with Gasteiger partial charge < -0.3 is 10.2 Å². The molecule has 2 N–H and O–H groups in total. The number of hydrogen-bond acceptors (Lipinski definition) is 4. The van der Waals surface area contributed by atoms with Gasteiger partial charge in [-0.25, -0.2) is 0 Å². The first-order chi connectivity index (χ1) is 11.2. The molecule has 1 aromatic carbocycles. The molecule has 122 valence electrons. The Bertz CT molecular complexity index is 645. The third kappa shape index (κ3) is 3.37. The van der Waals surface area contributed by atoms with E-state index in [4.69, 9.17) is 0 Å². The molecule has 1 saturated heterocycles. The Kier molecular flexibility index (Phi) is 4.62. The molecule has 2 heterocycles. The molecule has 0 radical (unpaired) electrons. The lowest BCUT2D eigenvalue weighted by Gasteiger charge is -2.45. The molecule has 0 spiro atoms. The lowest BCUT2D eigenvalue weighted by atomic mass is 10.0. The standard InChI is InChI=1S/C17H23N5O/c1-3-21(4-2)15-11-22(12-15)17(23)13-6-5-7-14(10-13)19-16-8-9-18-20-16/h5-10,15H,3-4,11-12H2,1-2H3,(H2,18,19,20). The Hall–Kier alpha value is -2.34. The number of rotatable bonds is 6. The maximum atomic E-state index is 12.6. The monoisotopic (exact) mass is 313 g/mol. The van der Waals surface area contributed by atoms with E-state index in [-0.39, 0.29) is 5.91 Å². The van der Waals surface area contributed by atoms with Crippen molar-refractivity contribution in [3.05, 3.63) is 42.1 Å². The number of likely N-dealkylation sites (tertiary alicyclic amines) is 1. The van der Waals surface area contributed by atoms with Gasteiger partial charge in [0.15, 0.2) is 0 Å². The van der Waals surface area contributed by atoms with Crippen LogP contribution in [-0.2, 0) is 0 Å². The van der Waals surface area contributed by atoms with Crippen LogP contribution in [0, 0.1) is 0 Å². The summed E-state index contributed by atoms with van der Waals surface area (Å²) in [5.74, 6) is 0.904. The van der Waals surface area contributed by atoms with Gasteiger partial charge in [0.2, 0.25) is 0 Å². The van der Waals surface area contributed by atoms with E-state index in [0.717, 1.165) is 37.7 Å². The molecule has 1 amide bonds. The van der Waals surface area contributed by atoms with Crippen molar-refractivity contribution in [2.75, 3.05) is 31.5 Å². The van der Waals surface area contributed by atoms with Gasteiger partial charge >= 0.3 is 0 Å². The van der Waals surface area contributed by atoms with E-state index in [1.165, 1.54) is 0 Å². The van der Waals surface area contributed by atoms with Crippen molar-refractivity contribution < 1.29 is 4.79 Å². The number of H-pyrrole nitrogens is 1. The highest BCUT2D eigenvalue weighted by Crippen LogP contribution is 2.21. The van der Waals surface area contributed by atoms with Crippen LogP contribution in [0.3, 0.4) is 0 Å². The van der Waals surface area contributed by atoms with E-state index in [1.807, 2.05) is 35.2 Å².